The Balaban J connectivity index is 1.06. The summed E-state index contributed by atoms with van der Waals surface area (Å²) >= 11 is 0. The van der Waals surface area contributed by atoms with Gasteiger partial charge in [0.15, 0.2) is 9.84 Å². The lowest BCUT2D eigenvalue weighted by Crippen LogP contribution is -2.55. The highest BCUT2D eigenvalue weighted by Gasteiger charge is 2.52. The zero-order valence-electron chi connectivity index (χ0n) is 29.7. The molecular formula is C40H53FN4O4S. The normalized spacial score (nSPS) is 23.7. The number of carbonyl (C=O) groups is 1. The number of carbonyl (C=O) groups excluding carboxylic acids is 1. The Morgan fingerprint density at radius 1 is 1.00 bits per heavy atom. The maximum Gasteiger partial charge on any atom is 0.305 e. The minimum Gasteiger partial charge on any atom is -0.469 e. The van der Waals surface area contributed by atoms with Gasteiger partial charge in [-0.2, -0.15) is 0 Å². The maximum atomic E-state index is 15.1. The average molecular weight is 705 g/mol. The Kier molecular flexibility index (Phi) is 10.4. The van der Waals surface area contributed by atoms with E-state index in [-0.39, 0.29) is 34.3 Å². The Labute approximate surface area is 297 Å². The molecule has 0 unspecified atom stereocenters. The molecule has 7 rings (SSSR count). The average Bonchev–Trinajstić information content (AvgIpc) is 3.73. The Bertz CT molecular complexity index is 1730. The Morgan fingerprint density at radius 2 is 1.74 bits per heavy atom. The van der Waals surface area contributed by atoms with E-state index in [1.807, 2.05) is 24.4 Å². The Morgan fingerprint density at radius 3 is 2.40 bits per heavy atom. The maximum absolute atomic E-state index is 15.1. The van der Waals surface area contributed by atoms with Crippen molar-refractivity contribution in [2.75, 3.05) is 44.7 Å². The number of hydrogen-bond donors (Lipinski definition) is 0. The lowest BCUT2D eigenvalue weighted by Gasteiger charge is -2.51. The van der Waals surface area contributed by atoms with E-state index >= 15 is 4.39 Å². The zero-order valence-corrected chi connectivity index (χ0v) is 30.5. The summed E-state index contributed by atoms with van der Waals surface area (Å²) < 4.78 is 48.3. The second-order valence-electron chi connectivity index (χ2n) is 15.4. The topological polar surface area (TPSA) is 84.7 Å². The van der Waals surface area contributed by atoms with E-state index in [0.717, 1.165) is 114 Å². The third-order valence-electron chi connectivity index (χ3n) is 12.7. The molecule has 2 saturated carbocycles. The SMILES string of the molecule is CCc1nccn1C[C@@](c1cccc(F)c1)(C1CCN(CC2CN(c3ccc(S(=O)(=O)C4CCC4)cc3)C2)CC1)[C@H]1CCC[C@@H]1CC(=O)OC. The number of ether oxygens (including phenoxy) is 1. The molecule has 2 aromatic carbocycles. The lowest BCUT2D eigenvalue weighted by molar-refractivity contribution is -0.142. The second-order valence-corrected chi connectivity index (χ2v) is 17.6. The molecule has 8 nitrogen and oxygen atoms in total. The fourth-order valence-electron chi connectivity index (χ4n) is 9.82. The molecule has 3 atom stereocenters. The highest BCUT2D eigenvalue weighted by atomic mass is 32.2. The number of sulfone groups is 1. The Hall–Kier alpha value is -3.24. The number of imidazole rings is 1. The molecule has 2 aliphatic carbocycles. The number of halogens is 1. The van der Waals surface area contributed by atoms with Gasteiger partial charge in [0, 0.05) is 68.4 Å². The second kappa shape index (κ2) is 14.8. The van der Waals surface area contributed by atoms with Crippen molar-refractivity contribution in [3.63, 3.8) is 0 Å². The third kappa shape index (κ3) is 6.86. The van der Waals surface area contributed by atoms with Crippen LogP contribution in [-0.4, -0.2) is 73.9 Å². The summed E-state index contributed by atoms with van der Waals surface area (Å²) in [5.41, 5.74) is 1.80. The first kappa shape index (κ1) is 35.2. The summed E-state index contributed by atoms with van der Waals surface area (Å²) in [6.45, 7) is 7.83. The fraction of sp³-hybridized carbons (Fsp3) is 0.600. The molecule has 4 fully saturated rings. The fourth-order valence-corrected chi connectivity index (χ4v) is 11.7. The number of aryl methyl sites for hydroxylation is 1. The van der Waals surface area contributed by atoms with Crippen molar-refractivity contribution in [2.24, 2.45) is 23.7 Å². The van der Waals surface area contributed by atoms with Gasteiger partial charge in [0.05, 0.1) is 17.3 Å². The molecule has 50 heavy (non-hydrogen) atoms. The molecule has 2 saturated heterocycles. The largest absolute Gasteiger partial charge is 0.469 e. The minimum absolute atomic E-state index is 0.161. The van der Waals surface area contributed by atoms with Crippen LogP contribution in [0.15, 0.2) is 65.8 Å². The number of methoxy groups -OCH3 is 1. The van der Waals surface area contributed by atoms with Crippen molar-refractivity contribution >= 4 is 21.5 Å². The van der Waals surface area contributed by atoms with E-state index < -0.39 is 9.84 Å². The molecule has 10 heteroatoms. The van der Waals surface area contributed by atoms with Crippen LogP contribution in [0.1, 0.15) is 76.1 Å². The molecule has 270 valence electrons. The van der Waals surface area contributed by atoms with Gasteiger partial charge >= 0.3 is 5.97 Å². The van der Waals surface area contributed by atoms with Crippen molar-refractivity contribution in [1.29, 1.82) is 0 Å². The molecule has 3 heterocycles. The van der Waals surface area contributed by atoms with Gasteiger partial charge in [-0.3, -0.25) is 4.79 Å². The number of piperidine rings is 1. The van der Waals surface area contributed by atoms with Gasteiger partial charge in [0.2, 0.25) is 0 Å². The van der Waals surface area contributed by atoms with Crippen molar-refractivity contribution in [3.05, 3.63) is 78.1 Å². The standard InChI is InChI=1S/C40H53FN4O4S/c1-3-38-42-19-22-44(38)28-40(32-8-5-9-33(41)24-32,37-12-4-7-30(37)23-39(46)49-2)31-17-20-43(21-18-31)25-29-26-45(27-29)34-13-15-36(16-14-34)50(47,48)35-10-6-11-35/h5,8-9,13-16,19,22,24,29-31,35,37H,3-4,6-7,10-12,17-18,20-21,23,25-28H2,1-2H3/t30-,37+,40+/m1/s1. The molecular weight excluding hydrogens is 652 g/mol. The molecule has 0 spiro atoms. The smallest absolute Gasteiger partial charge is 0.305 e. The van der Waals surface area contributed by atoms with Crippen molar-refractivity contribution in [1.82, 2.24) is 14.5 Å². The quantitative estimate of drug-likeness (QED) is 0.184. The first-order valence-electron chi connectivity index (χ1n) is 18.9. The molecule has 2 aliphatic heterocycles. The monoisotopic (exact) mass is 704 g/mol. The summed E-state index contributed by atoms with van der Waals surface area (Å²) in [5, 5.41) is -0.205. The van der Waals surface area contributed by atoms with Crippen LogP contribution >= 0.6 is 0 Å². The van der Waals surface area contributed by atoms with Crippen LogP contribution in [0.3, 0.4) is 0 Å². The van der Waals surface area contributed by atoms with Gasteiger partial charge in [0.25, 0.3) is 0 Å². The van der Waals surface area contributed by atoms with Gasteiger partial charge in [-0.15, -0.1) is 0 Å². The summed E-state index contributed by atoms with van der Waals surface area (Å²) in [6, 6.07) is 14.8. The molecule has 1 aromatic heterocycles. The van der Waals surface area contributed by atoms with Gasteiger partial charge in [0.1, 0.15) is 11.6 Å². The third-order valence-corrected chi connectivity index (χ3v) is 15.0. The van der Waals surface area contributed by atoms with Crippen LogP contribution in [0, 0.1) is 29.5 Å². The van der Waals surface area contributed by atoms with Crippen LogP contribution in [0.25, 0.3) is 0 Å². The molecule has 4 aliphatic rings. The minimum atomic E-state index is -3.20. The van der Waals surface area contributed by atoms with Gasteiger partial charge in [-0.1, -0.05) is 31.9 Å². The first-order valence-corrected chi connectivity index (χ1v) is 20.4. The van der Waals surface area contributed by atoms with E-state index in [1.54, 1.807) is 24.3 Å². The highest BCUT2D eigenvalue weighted by molar-refractivity contribution is 7.92. The molecule has 3 aromatic rings. The number of likely N-dealkylation sites (tertiary alicyclic amines) is 1. The number of benzene rings is 2. The summed E-state index contributed by atoms with van der Waals surface area (Å²) in [4.78, 5) is 22.8. The van der Waals surface area contributed by atoms with Crippen LogP contribution < -0.4 is 4.90 Å². The molecule has 0 N–H and O–H groups in total. The number of anilines is 1. The van der Waals surface area contributed by atoms with Crippen LogP contribution in [0.4, 0.5) is 10.1 Å². The number of hydrogen-bond acceptors (Lipinski definition) is 7. The van der Waals surface area contributed by atoms with Crippen LogP contribution in [-0.2, 0) is 37.7 Å². The van der Waals surface area contributed by atoms with E-state index in [2.05, 4.69) is 38.5 Å². The number of rotatable bonds is 13. The molecule has 0 amide bonds. The van der Waals surface area contributed by atoms with E-state index in [0.29, 0.717) is 23.2 Å². The molecule has 0 radical (unpaired) electrons. The van der Waals surface area contributed by atoms with E-state index in [4.69, 9.17) is 4.74 Å². The summed E-state index contributed by atoms with van der Waals surface area (Å²) in [7, 11) is -1.73. The van der Waals surface area contributed by atoms with Gasteiger partial charge < -0.3 is 19.1 Å². The molecule has 0 bridgehead atoms. The van der Waals surface area contributed by atoms with E-state index in [1.165, 1.54) is 7.11 Å². The number of aromatic nitrogens is 2. The van der Waals surface area contributed by atoms with E-state index in [9.17, 15) is 13.2 Å². The summed E-state index contributed by atoms with van der Waals surface area (Å²) in [5.74, 6) is 1.96. The summed E-state index contributed by atoms with van der Waals surface area (Å²) in [6.07, 6.45) is 12.8. The predicted octanol–water partition coefficient (Wildman–Crippen LogP) is 6.68. The lowest BCUT2D eigenvalue weighted by atomic mass is 9.57. The van der Waals surface area contributed by atoms with Crippen LogP contribution in [0.5, 0.6) is 0 Å². The van der Waals surface area contributed by atoms with Crippen molar-refractivity contribution < 1.29 is 22.3 Å². The number of nitrogens with zero attached hydrogens (tertiary/aromatic N) is 4. The first-order chi connectivity index (χ1) is 24.2. The zero-order chi connectivity index (χ0) is 34.9. The van der Waals surface area contributed by atoms with Crippen molar-refractivity contribution in [3.8, 4) is 0 Å². The van der Waals surface area contributed by atoms with Crippen LogP contribution in [0.2, 0.25) is 0 Å². The van der Waals surface area contributed by atoms with Crippen molar-refractivity contribution in [2.45, 2.75) is 93.2 Å². The number of esters is 1. The van der Waals surface area contributed by atoms with Gasteiger partial charge in [-0.25, -0.2) is 17.8 Å². The van der Waals surface area contributed by atoms with Gasteiger partial charge in [-0.05, 0) is 111 Å². The highest BCUT2D eigenvalue weighted by Crippen LogP contribution is 2.54. The predicted molar refractivity (Wildman–Crippen MR) is 193 cm³/mol.